The number of fused-ring (bicyclic) bond motifs is 1. The topological polar surface area (TPSA) is 21.6 Å². The lowest BCUT2D eigenvalue weighted by atomic mass is 9.82. The first-order valence-corrected chi connectivity index (χ1v) is 12.7. The Kier molecular flexibility index (Phi) is 5.87. The van der Waals surface area contributed by atoms with Gasteiger partial charge in [0.15, 0.2) is 0 Å². The molecule has 2 nitrogen and oxygen atoms in total. The highest BCUT2D eigenvalue weighted by atomic mass is 31.1. The van der Waals surface area contributed by atoms with E-state index in [0.29, 0.717) is 5.90 Å². The predicted molar refractivity (Wildman–Crippen MR) is 141 cm³/mol. The van der Waals surface area contributed by atoms with Crippen molar-refractivity contribution in [2.75, 3.05) is 0 Å². The summed E-state index contributed by atoms with van der Waals surface area (Å²) in [6.45, 7) is 6.73. The highest BCUT2D eigenvalue weighted by Crippen LogP contribution is 2.44. The van der Waals surface area contributed by atoms with Gasteiger partial charge in [0, 0.05) is 11.1 Å². The number of benzene rings is 4. The van der Waals surface area contributed by atoms with Crippen LogP contribution in [-0.4, -0.2) is 5.90 Å². The largest absolute Gasteiger partial charge is 0.438 e. The average Bonchev–Trinajstić information content (AvgIpc) is 2.85. The molecular weight excluding hydrogens is 421 g/mol. The molecule has 164 valence electrons. The monoisotopic (exact) mass is 449 g/mol. The van der Waals surface area contributed by atoms with Crippen LogP contribution in [0.4, 0.5) is 0 Å². The average molecular weight is 450 g/mol. The van der Waals surface area contributed by atoms with Crippen LogP contribution in [0, 0.1) is 5.41 Å². The van der Waals surface area contributed by atoms with Crippen LogP contribution >= 0.6 is 7.92 Å². The van der Waals surface area contributed by atoms with E-state index in [1.54, 1.807) is 0 Å². The first-order chi connectivity index (χ1) is 16.0. The molecule has 33 heavy (non-hydrogen) atoms. The molecule has 0 N–H and O–H groups in total. The van der Waals surface area contributed by atoms with Crippen LogP contribution in [0.25, 0.3) is 0 Å². The molecule has 1 aliphatic rings. The second-order valence-corrected chi connectivity index (χ2v) is 11.6. The minimum atomic E-state index is -0.762. The molecule has 1 aliphatic heterocycles. The zero-order valence-electron chi connectivity index (χ0n) is 19.3. The fourth-order valence-corrected chi connectivity index (χ4v) is 6.77. The number of para-hydroxylation sites is 1. The molecule has 0 saturated heterocycles. The van der Waals surface area contributed by atoms with E-state index in [9.17, 15) is 0 Å². The van der Waals surface area contributed by atoms with Crippen LogP contribution in [-0.2, 0) is 0 Å². The molecule has 0 aliphatic carbocycles. The number of aliphatic imine (C=N–C) groups is 1. The van der Waals surface area contributed by atoms with Crippen molar-refractivity contribution in [1.29, 1.82) is 0 Å². The second kappa shape index (κ2) is 8.96. The lowest BCUT2D eigenvalue weighted by Gasteiger charge is -2.33. The molecule has 0 radical (unpaired) electrons. The normalized spacial score (nSPS) is 15.5. The van der Waals surface area contributed by atoms with Gasteiger partial charge in [0.25, 0.3) is 0 Å². The molecule has 0 amide bonds. The van der Waals surface area contributed by atoms with Crippen molar-refractivity contribution in [1.82, 2.24) is 0 Å². The summed E-state index contributed by atoms with van der Waals surface area (Å²) in [5, 5.41) is 3.89. The van der Waals surface area contributed by atoms with Crippen molar-refractivity contribution in [2.24, 2.45) is 10.4 Å². The molecule has 0 unspecified atom stereocenters. The summed E-state index contributed by atoms with van der Waals surface area (Å²) >= 11 is 0. The lowest BCUT2D eigenvalue weighted by molar-refractivity contribution is 0.309. The van der Waals surface area contributed by atoms with Gasteiger partial charge in [-0.1, -0.05) is 118 Å². The number of hydrogen-bond acceptors (Lipinski definition) is 2. The summed E-state index contributed by atoms with van der Waals surface area (Å²) in [6, 6.07) is 38.5. The van der Waals surface area contributed by atoms with Gasteiger partial charge in [-0.15, -0.1) is 0 Å². The van der Waals surface area contributed by atoms with E-state index in [-0.39, 0.29) is 11.5 Å². The van der Waals surface area contributed by atoms with Gasteiger partial charge in [-0.3, -0.25) is 0 Å². The van der Waals surface area contributed by atoms with Crippen LogP contribution in [0.15, 0.2) is 114 Å². The Morgan fingerprint density at radius 3 is 1.85 bits per heavy atom. The Hall–Kier alpha value is -3.22. The summed E-state index contributed by atoms with van der Waals surface area (Å²) in [7, 11) is -0.762. The number of hydrogen-bond donors (Lipinski definition) is 0. The molecular formula is C30H28NOP. The maximum Gasteiger partial charge on any atom is 0.223 e. The molecule has 0 spiro atoms. The molecule has 0 aromatic heterocycles. The maximum absolute atomic E-state index is 6.47. The fraction of sp³-hybridized carbons (Fsp3) is 0.167. The number of nitrogens with zero attached hydrogens (tertiary/aromatic N) is 1. The summed E-state index contributed by atoms with van der Waals surface area (Å²) in [4.78, 5) is 5.20. The molecule has 3 heteroatoms. The molecule has 0 bridgehead atoms. The second-order valence-electron chi connectivity index (χ2n) is 9.37. The molecule has 0 fully saturated rings. The minimum Gasteiger partial charge on any atom is -0.438 e. The number of rotatable bonds is 4. The van der Waals surface area contributed by atoms with Crippen molar-refractivity contribution < 1.29 is 4.74 Å². The standard InChI is InChI=1S/C30H28NOP/c1-30(2,3)28-24-18-10-12-20-26(24)32-29(31-28)25-19-11-13-21-27(25)33(22-14-6-4-7-15-22)23-16-8-5-9-17-23/h4-21,28H,1-3H3/t28-/m0/s1. The SMILES string of the molecule is CC(C)(C)[C@H]1N=C(c2ccccc2P(c2ccccc2)c2ccccc2)Oc2ccccc21. The van der Waals surface area contributed by atoms with E-state index >= 15 is 0 Å². The predicted octanol–water partition coefficient (Wildman–Crippen LogP) is 6.37. The van der Waals surface area contributed by atoms with Crippen molar-refractivity contribution >= 4 is 29.7 Å². The zero-order valence-corrected chi connectivity index (χ0v) is 20.2. The van der Waals surface area contributed by atoms with Gasteiger partial charge in [0.1, 0.15) is 5.75 Å². The van der Waals surface area contributed by atoms with Gasteiger partial charge in [-0.2, -0.15) is 0 Å². The summed E-state index contributed by atoms with van der Waals surface area (Å²) in [5.74, 6) is 1.62. The maximum atomic E-state index is 6.47. The molecule has 1 atom stereocenters. The highest BCUT2D eigenvalue weighted by Gasteiger charge is 2.34. The molecule has 4 aromatic carbocycles. The van der Waals surface area contributed by atoms with Crippen molar-refractivity contribution in [3.05, 3.63) is 120 Å². The van der Waals surface area contributed by atoms with Gasteiger partial charge < -0.3 is 4.74 Å². The van der Waals surface area contributed by atoms with Crippen molar-refractivity contribution in [3.63, 3.8) is 0 Å². The first kappa shape index (κ1) is 21.6. The van der Waals surface area contributed by atoms with Crippen LogP contribution in [0.5, 0.6) is 5.75 Å². The Morgan fingerprint density at radius 1 is 0.667 bits per heavy atom. The molecule has 1 heterocycles. The Morgan fingerprint density at radius 2 is 1.21 bits per heavy atom. The Bertz CT molecular complexity index is 1240. The third-order valence-electron chi connectivity index (χ3n) is 5.89. The lowest BCUT2D eigenvalue weighted by Crippen LogP contribution is -2.31. The van der Waals surface area contributed by atoms with E-state index in [4.69, 9.17) is 9.73 Å². The van der Waals surface area contributed by atoms with Crippen molar-refractivity contribution in [3.8, 4) is 5.75 Å². The zero-order chi connectivity index (χ0) is 22.8. The summed E-state index contributed by atoms with van der Waals surface area (Å²) in [6.07, 6.45) is 0. The van der Waals surface area contributed by atoms with E-state index in [0.717, 1.165) is 16.9 Å². The van der Waals surface area contributed by atoms with Gasteiger partial charge in [0.2, 0.25) is 5.90 Å². The third-order valence-corrected chi connectivity index (χ3v) is 8.39. The Labute approximate surface area is 197 Å². The summed E-state index contributed by atoms with van der Waals surface area (Å²) in [5.41, 5.74) is 2.20. The van der Waals surface area contributed by atoms with Gasteiger partial charge in [-0.25, -0.2) is 4.99 Å². The van der Waals surface area contributed by atoms with Gasteiger partial charge >= 0.3 is 0 Å². The van der Waals surface area contributed by atoms with Gasteiger partial charge in [-0.05, 0) is 41.4 Å². The van der Waals surface area contributed by atoms with E-state index in [2.05, 4.69) is 124 Å². The van der Waals surface area contributed by atoms with Crippen molar-refractivity contribution in [2.45, 2.75) is 26.8 Å². The minimum absolute atomic E-state index is 0.0241. The number of ether oxygens (including phenoxy) is 1. The molecule has 0 saturated carbocycles. The van der Waals surface area contributed by atoms with E-state index in [1.165, 1.54) is 15.9 Å². The smallest absolute Gasteiger partial charge is 0.223 e. The first-order valence-electron chi connectivity index (χ1n) is 11.4. The van der Waals surface area contributed by atoms with Crippen LogP contribution in [0.3, 0.4) is 0 Å². The van der Waals surface area contributed by atoms with Gasteiger partial charge in [0.05, 0.1) is 6.04 Å². The van der Waals surface area contributed by atoms with E-state index < -0.39 is 7.92 Å². The summed E-state index contributed by atoms with van der Waals surface area (Å²) < 4.78 is 6.47. The fourth-order valence-electron chi connectivity index (χ4n) is 4.33. The van der Waals surface area contributed by atoms with Crippen LogP contribution in [0.2, 0.25) is 0 Å². The van der Waals surface area contributed by atoms with Crippen LogP contribution < -0.4 is 20.7 Å². The highest BCUT2D eigenvalue weighted by molar-refractivity contribution is 7.80. The Balaban J connectivity index is 1.68. The quantitative estimate of drug-likeness (QED) is 0.332. The molecule has 5 rings (SSSR count). The van der Waals surface area contributed by atoms with E-state index in [1.807, 2.05) is 6.07 Å². The van der Waals surface area contributed by atoms with Crippen LogP contribution in [0.1, 0.15) is 37.9 Å². The molecule has 4 aromatic rings. The third kappa shape index (κ3) is 4.36.